The molecule has 0 aliphatic heterocycles. The van der Waals surface area contributed by atoms with Gasteiger partial charge in [-0.15, -0.1) is 0 Å². The minimum atomic E-state index is -3.95. The van der Waals surface area contributed by atoms with Crippen molar-refractivity contribution in [3.63, 3.8) is 0 Å². The number of primary sulfonamides is 1. The number of nitrogens with two attached hydrogens (primary N) is 1. The van der Waals surface area contributed by atoms with Crippen molar-refractivity contribution in [3.05, 3.63) is 23.8 Å². The van der Waals surface area contributed by atoms with Gasteiger partial charge in [-0.25, -0.2) is 18.4 Å². The summed E-state index contributed by atoms with van der Waals surface area (Å²) in [6.45, 7) is 0.854. The maximum absolute atomic E-state index is 11.7. The highest BCUT2D eigenvalue weighted by atomic mass is 32.2. The molecule has 8 heteroatoms. The van der Waals surface area contributed by atoms with E-state index in [1.54, 1.807) is 0 Å². The van der Waals surface area contributed by atoms with Crippen molar-refractivity contribution < 1.29 is 27.5 Å². The number of hydrogen-bond donors (Lipinski definition) is 1. The topological polar surface area (TPSA) is 113 Å². The van der Waals surface area contributed by atoms with Gasteiger partial charge in [-0.05, 0) is 25.1 Å². The highest BCUT2D eigenvalue weighted by Gasteiger charge is 2.18. The Labute approximate surface area is 110 Å². The number of sulfonamides is 1. The molecule has 0 spiro atoms. The number of ketones is 1. The van der Waals surface area contributed by atoms with Gasteiger partial charge in [0.15, 0.2) is 5.78 Å². The Morgan fingerprint density at radius 1 is 1.32 bits per heavy atom. The number of esters is 1. The van der Waals surface area contributed by atoms with Gasteiger partial charge in [0.05, 0.1) is 12.0 Å². The molecule has 0 fully saturated rings. The predicted molar refractivity (Wildman–Crippen MR) is 65.3 cm³/mol. The summed E-state index contributed by atoms with van der Waals surface area (Å²) in [6, 6.07) is 3.52. The molecule has 0 aliphatic carbocycles. The number of rotatable bonds is 5. The van der Waals surface area contributed by atoms with Crippen LogP contribution in [0.2, 0.25) is 0 Å². The molecule has 0 bridgehead atoms. The molecule has 0 amide bonds. The van der Waals surface area contributed by atoms with E-state index in [0.29, 0.717) is 0 Å². The second kappa shape index (κ2) is 5.81. The smallest absolute Gasteiger partial charge is 0.342 e. The molecule has 2 N–H and O–H groups in total. The Hall–Kier alpha value is -1.93. The van der Waals surface area contributed by atoms with Crippen molar-refractivity contribution >= 4 is 21.8 Å². The van der Waals surface area contributed by atoms with E-state index in [2.05, 4.69) is 0 Å². The predicted octanol–water partition coefficient (Wildman–Crippen LogP) is 0.0884. The van der Waals surface area contributed by atoms with Gasteiger partial charge in [-0.2, -0.15) is 0 Å². The van der Waals surface area contributed by atoms with Crippen LogP contribution in [0.5, 0.6) is 5.75 Å². The van der Waals surface area contributed by atoms with Crippen LogP contribution >= 0.6 is 0 Å². The molecular formula is C11H13NO6S. The average Bonchev–Trinajstić information content (AvgIpc) is 2.33. The first kappa shape index (κ1) is 15.1. The molecule has 0 aromatic heterocycles. The van der Waals surface area contributed by atoms with E-state index in [-0.39, 0.29) is 22.0 Å². The molecule has 0 saturated heterocycles. The third-order valence-corrected chi connectivity index (χ3v) is 3.04. The number of carbonyl (C=O) groups excluding carboxylic acids is 2. The van der Waals surface area contributed by atoms with Gasteiger partial charge in [0.1, 0.15) is 17.9 Å². The zero-order valence-corrected chi connectivity index (χ0v) is 11.2. The van der Waals surface area contributed by atoms with E-state index in [0.717, 1.165) is 6.07 Å². The van der Waals surface area contributed by atoms with E-state index in [1.807, 2.05) is 0 Å². The Balaban J connectivity index is 3.16. The zero-order chi connectivity index (χ0) is 14.6. The first-order valence-electron chi connectivity index (χ1n) is 5.13. The lowest BCUT2D eigenvalue weighted by molar-refractivity contribution is -0.120. The molecule has 0 saturated carbocycles. The third-order valence-electron chi connectivity index (χ3n) is 2.13. The molecule has 1 rings (SSSR count). The van der Waals surface area contributed by atoms with Gasteiger partial charge in [-0.1, -0.05) is 0 Å². The molecule has 19 heavy (non-hydrogen) atoms. The summed E-state index contributed by atoms with van der Waals surface area (Å²) in [5.41, 5.74) is -0.115. The molecule has 1 aromatic rings. The third kappa shape index (κ3) is 4.04. The van der Waals surface area contributed by atoms with Gasteiger partial charge in [0, 0.05) is 0 Å². The van der Waals surface area contributed by atoms with Crippen LogP contribution in [0.15, 0.2) is 23.1 Å². The summed E-state index contributed by atoms with van der Waals surface area (Å²) in [5, 5.41) is 4.96. The van der Waals surface area contributed by atoms with Crippen molar-refractivity contribution in [1.29, 1.82) is 0 Å². The maximum atomic E-state index is 11.7. The van der Waals surface area contributed by atoms with Crippen LogP contribution in [0.4, 0.5) is 0 Å². The molecule has 104 valence electrons. The number of carbonyl (C=O) groups is 2. The summed E-state index contributed by atoms with van der Waals surface area (Å²) in [4.78, 5) is 22.2. The lowest BCUT2D eigenvalue weighted by atomic mass is 10.2. The van der Waals surface area contributed by atoms with Crippen molar-refractivity contribution in [2.45, 2.75) is 11.8 Å². The Bertz CT molecular complexity index is 608. The van der Waals surface area contributed by atoms with Crippen LogP contribution in [-0.2, 0) is 19.6 Å². The van der Waals surface area contributed by atoms with E-state index >= 15 is 0 Å². The molecule has 0 atom stereocenters. The lowest BCUT2D eigenvalue weighted by Gasteiger charge is -2.09. The minimum absolute atomic E-state index is 0.115. The van der Waals surface area contributed by atoms with Crippen LogP contribution in [0.3, 0.4) is 0 Å². The van der Waals surface area contributed by atoms with Crippen LogP contribution in [0.1, 0.15) is 17.3 Å². The van der Waals surface area contributed by atoms with Crippen LogP contribution < -0.4 is 9.88 Å². The zero-order valence-electron chi connectivity index (χ0n) is 10.4. The van der Waals surface area contributed by atoms with Crippen molar-refractivity contribution in [2.75, 3.05) is 13.7 Å². The number of hydrogen-bond acceptors (Lipinski definition) is 6. The van der Waals surface area contributed by atoms with Crippen molar-refractivity contribution in [1.82, 2.24) is 0 Å². The normalized spacial score (nSPS) is 10.9. The Morgan fingerprint density at radius 3 is 2.42 bits per heavy atom. The fourth-order valence-electron chi connectivity index (χ4n) is 1.27. The molecular weight excluding hydrogens is 274 g/mol. The van der Waals surface area contributed by atoms with Crippen LogP contribution in [0.25, 0.3) is 0 Å². The number of methoxy groups -OCH3 is 1. The quantitative estimate of drug-likeness (QED) is 0.768. The van der Waals surface area contributed by atoms with Gasteiger partial charge >= 0.3 is 5.97 Å². The van der Waals surface area contributed by atoms with E-state index in [1.165, 1.54) is 26.2 Å². The van der Waals surface area contributed by atoms with Crippen LogP contribution in [-0.4, -0.2) is 33.9 Å². The number of ether oxygens (including phenoxy) is 2. The summed E-state index contributed by atoms with van der Waals surface area (Å²) in [7, 11) is -2.63. The SMILES string of the molecule is COc1ccc(S(N)(=O)=O)cc1C(=O)OCC(C)=O. The van der Waals surface area contributed by atoms with Gasteiger partial charge < -0.3 is 9.47 Å². The van der Waals surface area contributed by atoms with Crippen molar-refractivity contribution in [2.24, 2.45) is 5.14 Å². The maximum Gasteiger partial charge on any atom is 0.342 e. The summed E-state index contributed by atoms with van der Waals surface area (Å²) in [6.07, 6.45) is 0. The lowest BCUT2D eigenvalue weighted by Crippen LogP contribution is -2.16. The molecule has 1 aromatic carbocycles. The van der Waals surface area contributed by atoms with Crippen molar-refractivity contribution in [3.8, 4) is 5.75 Å². The standard InChI is InChI=1S/C11H13NO6S/c1-7(13)6-18-11(14)9-5-8(19(12,15)16)3-4-10(9)17-2/h3-5H,6H2,1-2H3,(H2,12,15,16). The molecule has 0 radical (unpaired) electrons. The monoisotopic (exact) mass is 287 g/mol. The van der Waals surface area contributed by atoms with Gasteiger partial charge in [0.25, 0.3) is 0 Å². The summed E-state index contributed by atoms with van der Waals surface area (Å²) >= 11 is 0. The Morgan fingerprint density at radius 2 is 1.95 bits per heavy atom. The van der Waals surface area contributed by atoms with Gasteiger partial charge in [0.2, 0.25) is 10.0 Å². The van der Waals surface area contributed by atoms with Gasteiger partial charge in [-0.3, -0.25) is 4.79 Å². The van der Waals surface area contributed by atoms with Crippen LogP contribution in [0, 0.1) is 0 Å². The van der Waals surface area contributed by atoms with E-state index < -0.39 is 22.6 Å². The highest BCUT2D eigenvalue weighted by molar-refractivity contribution is 7.89. The first-order valence-corrected chi connectivity index (χ1v) is 6.67. The molecule has 0 heterocycles. The Kier molecular flexibility index (Phi) is 4.62. The fourth-order valence-corrected chi connectivity index (χ4v) is 1.81. The number of Topliss-reactive ketones (excluding diaryl/α,β-unsaturated/α-hetero) is 1. The molecule has 7 nitrogen and oxygen atoms in total. The minimum Gasteiger partial charge on any atom is -0.496 e. The molecule has 0 aliphatic rings. The van der Waals surface area contributed by atoms with E-state index in [9.17, 15) is 18.0 Å². The largest absolute Gasteiger partial charge is 0.496 e. The summed E-state index contributed by atoms with van der Waals surface area (Å²) < 4.78 is 32.0. The number of benzene rings is 1. The highest BCUT2D eigenvalue weighted by Crippen LogP contribution is 2.22. The average molecular weight is 287 g/mol. The fraction of sp³-hybridized carbons (Fsp3) is 0.273. The first-order chi connectivity index (χ1) is 8.75. The second-order valence-electron chi connectivity index (χ2n) is 3.69. The summed E-state index contributed by atoms with van der Waals surface area (Å²) in [5.74, 6) is -1.08. The van der Waals surface area contributed by atoms with E-state index in [4.69, 9.17) is 14.6 Å². The molecule has 0 unspecified atom stereocenters. The second-order valence-corrected chi connectivity index (χ2v) is 5.25.